The van der Waals surface area contributed by atoms with Crippen molar-refractivity contribution in [2.75, 3.05) is 24.5 Å². The molecule has 1 aliphatic rings. The molecule has 6 heteroatoms. The summed E-state index contributed by atoms with van der Waals surface area (Å²) < 4.78 is 0. The van der Waals surface area contributed by atoms with Gasteiger partial charge in [-0.2, -0.15) is 0 Å². The fraction of sp³-hybridized carbons (Fsp3) is 0.611. The Kier molecular flexibility index (Phi) is 6.17. The molecule has 1 N–H and O–H groups in total. The van der Waals surface area contributed by atoms with Crippen molar-refractivity contribution in [3.8, 4) is 0 Å². The quantitative estimate of drug-likeness (QED) is 0.637. The van der Waals surface area contributed by atoms with Gasteiger partial charge in [-0.3, -0.25) is 14.9 Å². The van der Waals surface area contributed by atoms with Crippen LogP contribution < -0.4 is 10.2 Å². The van der Waals surface area contributed by atoms with Gasteiger partial charge in [0.05, 0.1) is 4.92 Å². The Morgan fingerprint density at radius 3 is 2.83 bits per heavy atom. The number of benzene rings is 1. The third-order valence-electron chi connectivity index (χ3n) is 4.44. The summed E-state index contributed by atoms with van der Waals surface area (Å²) in [5, 5.41) is 14.3. The number of anilines is 1. The molecule has 24 heavy (non-hydrogen) atoms. The van der Waals surface area contributed by atoms with E-state index in [4.69, 9.17) is 0 Å². The highest BCUT2D eigenvalue weighted by molar-refractivity contribution is 5.95. The van der Waals surface area contributed by atoms with Gasteiger partial charge in [-0.25, -0.2) is 0 Å². The molecule has 0 unspecified atom stereocenters. The third kappa shape index (κ3) is 4.69. The van der Waals surface area contributed by atoms with Crippen LogP contribution in [-0.4, -0.2) is 30.5 Å². The van der Waals surface area contributed by atoms with E-state index >= 15 is 0 Å². The molecule has 1 aromatic rings. The molecule has 0 saturated carbocycles. The first-order valence-corrected chi connectivity index (χ1v) is 8.70. The Hall–Kier alpha value is -2.11. The van der Waals surface area contributed by atoms with E-state index in [1.807, 2.05) is 0 Å². The van der Waals surface area contributed by atoms with Crippen LogP contribution in [0.15, 0.2) is 18.2 Å². The summed E-state index contributed by atoms with van der Waals surface area (Å²) in [5.74, 6) is 0.776. The van der Waals surface area contributed by atoms with Gasteiger partial charge in [-0.05, 0) is 43.2 Å². The minimum absolute atomic E-state index is 0.0145. The van der Waals surface area contributed by atoms with Gasteiger partial charge in [0.2, 0.25) is 0 Å². The first-order chi connectivity index (χ1) is 11.4. The zero-order valence-electron chi connectivity index (χ0n) is 14.7. The molecule has 0 spiro atoms. The zero-order chi connectivity index (χ0) is 17.7. The highest BCUT2D eigenvalue weighted by Gasteiger charge is 2.25. The molecular formula is C18H27N3O3. The van der Waals surface area contributed by atoms with Crippen molar-refractivity contribution in [2.45, 2.75) is 40.0 Å². The monoisotopic (exact) mass is 333 g/mol. The summed E-state index contributed by atoms with van der Waals surface area (Å²) in [4.78, 5) is 25.3. The second-order valence-corrected chi connectivity index (χ2v) is 7.09. The summed E-state index contributed by atoms with van der Waals surface area (Å²) in [6.07, 6.45) is 3.08. The number of rotatable bonds is 6. The molecule has 1 fully saturated rings. The van der Waals surface area contributed by atoms with Crippen LogP contribution in [0, 0.1) is 22.0 Å². The second kappa shape index (κ2) is 8.13. The first-order valence-electron chi connectivity index (χ1n) is 8.70. The molecule has 2 rings (SSSR count). The fourth-order valence-electron chi connectivity index (χ4n) is 3.06. The molecule has 1 heterocycles. The lowest BCUT2D eigenvalue weighted by atomic mass is 9.99. The molecule has 132 valence electrons. The SMILES string of the molecule is CC(C)CCNC(=O)c1ccc(N2CCC[C@H](C)C2)c([N+](=O)[O-])c1. The molecule has 0 aliphatic carbocycles. The summed E-state index contributed by atoms with van der Waals surface area (Å²) in [6.45, 7) is 8.56. The average Bonchev–Trinajstić information content (AvgIpc) is 2.53. The Morgan fingerprint density at radius 2 is 2.21 bits per heavy atom. The molecular weight excluding hydrogens is 306 g/mol. The number of carbonyl (C=O) groups excluding carboxylic acids is 1. The largest absolute Gasteiger partial charge is 0.366 e. The van der Waals surface area contributed by atoms with E-state index in [9.17, 15) is 14.9 Å². The Labute approximate surface area is 143 Å². The van der Waals surface area contributed by atoms with E-state index in [0.717, 1.165) is 32.4 Å². The van der Waals surface area contributed by atoms with Crippen molar-refractivity contribution in [2.24, 2.45) is 11.8 Å². The minimum atomic E-state index is -0.389. The van der Waals surface area contributed by atoms with Crippen molar-refractivity contribution in [3.05, 3.63) is 33.9 Å². The Bertz CT molecular complexity index is 601. The van der Waals surface area contributed by atoms with E-state index in [0.29, 0.717) is 29.6 Å². The predicted octanol–water partition coefficient (Wildman–Crippen LogP) is 3.61. The number of amides is 1. The number of hydrogen-bond donors (Lipinski definition) is 1. The number of nitro groups is 1. The topological polar surface area (TPSA) is 75.5 Å². The molecule has 1 saturated heterocycles. The van der Waals surface area contributed by atoms with Gasteiger partial charge in [0.15, 0.2) is 0 Å². The van der Waals surface area contributed by atoms with E-state index in [1.54, 1.807) is 12.1 Å². The standard InChI is InChI=1S/C18H27N3O3/c1-13(2)8-9-19-18(22)15-6-7-16(17(11-15)21(23)24)20-10-4-5-14(3)12-20/h6-7,11,13-14H,4-5,8-10,12H2,1-3H3,(H,19,22)/t14-/m0/s1. The van der Waals surface area contributed by atoms with E-state index in [1.165, 1.54) is 6.07 Å². The molecule has 1 amide bonds. The van der Waals surface area contributed by atoms with Crippen LogP contribution >= 0.6 is 0 Å². The highest BCUT2D eigenvalue weighted by Crippen LogP contribution is 2.32. The van der Waals surface area contributed by atoms with Gasteiger partial charge in [0, 0.05) is 31.3 Å². The number of nitrogens with zero attached hydrogens (tertiary/aromatic N) is 2. The van der Waals surface area contributed by atoms with E-state index in [-0.39, 0.29) is 16.5 Å². The van der Waals surface area contributed by atoms with Crippen LogP contribution in [-0.2, 0) is 0 Å². The van der Waals surface area contributed by atoms with E-state index < -0.39 is 0 Å². The van der Waals surface area contributed by atoms with Gasteiger partial charge in [0.25, 0.3) is 11.6 Å². The average molecular weight is 333 g/mol. The van der Waals surface area contributed by atoms with Crippen LogP contribution in [0.1, 0.15) is 50.4 Å². The van der Waals surface area contributed by atoms with Gasteiger partial charge in [0.1, 0.15) is 5.69 Å². The lowest BCUT2D eigenvalue weighted by Gasteiger charge is -2.32. The van der Waals surface area contributed by atoms with Crippen molar-refractivity contribution >= 4 is 17.3 Å². The Morgan fingerprint density at radius 1 is 1.46 bits per heavy atom. The number of nitrogens with one attached hydrogen (secondary N) is 1. The lowest BCUT2D eigenvalue weighted by molar-refractivity contribution is -0.384. The summed E-state index contributed by atoms with van der Waals surface area (Å²) in [7, 11) is 0. The molecule has 0 radical (unpaired) electrons. The number of hydrogen-bond acceptors (Lipinski definition) is 4. The molecule has 1 aromatic carbocycles. The van der Waals surface area contributed by atoms with Crippen molar-refractivity contribution in [1.82, 2.24) is 5.32 Å². The fourth-order valence-corrected chi connectivity index (χ4v) is 3.06. The van der Waals surface area contributed by atoms with Crippen LogP contribution in [0.5, 0.6) is 0 Å². The maximum atomic E-state index is 12.2. The third-order valence-corrected chi connectivity index (χ3v) is 4.44. The maximum Gasteiger partial charge on any atom is 0.293 e. The molecule has 1 atom stereocenters. The van der Waals surface area contributed by atoms with Crippen LogP contribution in [0.3, 0.4) is 0 Å². The van der Waals surface area contributed by atoms with Gasteiger partial charge in [-0.15, -0.1) is 0 Å². The van der Waals surface area contributed by atoms with Crippen molar-refractivity contribution in [1.29, 1.82) is 0 Å². The smallest absolute Gasteiger partial charge is 0.293 e. The van der Waals surface area contributed by atoms with E-state index in [2.05, 4.69) is 31.0 Å². The number of carbonyl (C=O) groups is 1. The van der Waals surface area contributed by atoms with Crippen LogP contribution in [0.4, 0.5) is 11.4 Å². The van der Waals surface area contributed by atoms with Gasteiger partial charge >= 0.3 is 0 Å². The van der Waals surface area contributed by atoms with Crippen molar-refractivity contribution < 1.29 is 9.72 Å². The van der Waals surface area contributed by atoms with Gasteiger partial charge in [-0.1, -0.05) is 20.8 Å². The van der Waals surface area contributed by atoms with Gasteiger partial charge < -0.3 is 10.2 Å². The first kappa shape index (κ1) is 18.2. The zero-order valence-corrected chi connectivity index (χ0v) is 14.7. The molecule has 6 nitrogen and oxygen atoms in total. The summed E-state index contributed by atoms with van der Waals surface area (Å²) in [5.41, 5.74) is 0.977. The molecule has 0 aromatic heterocycles. The number of piperidine rings is 1. The molecule has 0 bridgehead atoms. The normalized spacial score (nSPS) is 17.8. The van der Waals surface area contributed by atoms with Crippen LogP contribution in [0.2, 0.25) is 0 Å². The maximum absolute atomic E-state index is 12.2. The highest BCUT2D eigenvalue weighted by atomic mass is 16.6. The second-order valence-electron chi connectivity index (χ2n) is 7.09. The summed E-state index contributed by atoms with van der Waals surface area (Å²) >= 11 is 0. The molecule has 1 aliphatic heterocycles. The lowest BCUT2D eigenvalue weighted by Crippen LogP contribution is -2.34. The predicted molar refractivity (Wildman–Crippen MR) is 95.5 cm³/mol. The summed E-state index contributed by atoms with van der Waals surface area (Å²) in [6, 6.07) is 4.80. The Balaban J connectivity index is 2.17. The van der Waals surface area contributed by atoms with Crippen molar-refractivity contribution in [3.63, 3.8) is 0 Å². The van der Waals surface area contributed by atoms with Crippen LogP contribution in [0.25, 0.3) is 0 Å². The number of nitro benzene ring substituents is 1. The minimum Gasteiger partial charge on any atom is -0.366 e.